The Morgan fingerprint density at radius 2 is 1.38 bits per heavy atom. The monoisotopic (exact) mass is 800 g/mol. The smallest absolute Gasteiger partial charge is 0.331 e. The third-order valence-electron chi connectivity index (χ3n) is 9.57. The fourth-order valence-corrected chi connectivity index (χ4v) is 6.29. The molecule has 15 atom stereocenters. The summed E-state index contributed by atoms with van der Waals surface area (Å²) < 4.78 is 45.5. The van der Waals surface area contributed by atoms with Crippen LogP contribution in [0, 0.1) is 0 Å². The normalized spacial score (nSPS) is 36.4. The van der Waals surface area contributed by atoms with E-state index in [4.69, 9.17) is 37.9 Å². The molecule has 0 radical (unpaired) electrons. The highest BCUT2D eigenvalue weighted by Gasteiger charge is 2.53. The molecule has 2 aromatic carbocycles. The Hall–Kier alpha value is -3.71. The summed E-state index contributed by atoms with van der Waals surface area (Å²) in [6, 6.07) is 8.31. The van der Waals surface area contributed by atoms with Crippen LogP contribution in [-0.2, 0) is 44.4 Å². The van der Waals surface area contributed by atoms with Gasteiger partial charge in [0.2, 0.25) is 0 Å². The molecule has 2 aromatic rings. The molecule has 0 amide bonds. The molecular weight excluding hydrogens is 752 g/mol. The Morgan fingerprint density at radius 1 is 0.714 bits per heavy atom. The lowest BCUT2D eigenvalue weighted by Gasteiger charge is -2.47. The minimum absolute atomic E-state index is 0.115. The van der Waals surface area contributed by atoms with E-state index in [0.29, 0.717) is 11.1 Å². The lowest BCUT2D eigenvalue weighted by Crippen LogP contribution is -2.65. The maximum absolute atomic E-state index is 13.4. The van der Waals surface area contributed by atoms with Crippen molar-refractivity contribution >= 4 is 12.0 Å². The number of phenols is 3. The van der Waals surface area contributed by atoms with Gasteiger partial charge in [0.05, 0.1) is 33.0 Å². The SMILES string of the molecule is COc1cc(/C=C/C(=O)O[C@@H]2[C@@H](O[C@H]3O[C@@H](C)[C@H](O)[C@@H](O)[C@H]3O)[C@H](O)[C@@H](OCCc3ccc(O)c(O)c3)O[C@H]2CO[C@H]2O[C@H](CO)[C@H](O)[C@@H](O)[C@H]2O)ccc1O. The quantitative estimate of drug-likeness (QED) is 0.0519. The average molecular weight is 801 g/mol. The van der Waals surface area contributed by atoms with Gasteiger partial charge in [0.1, 0.15) is 61.0 Å². The van der Waals surface area contributed by atoms with E-state index < -0.39 is 111 Å². The second-order valence-electron chi connectivity index (χ2n) is 13.5. The highest BCUT2D eigenvalue weighted by molar-refractivity contribution is 5.87. The molecule has 0 aromatic heterocycles. The molecule has 20 heteroatoms. The molecule has 0 saturated carbocycles. The van der Waals surface area contributed by atoms with Crippen molar-refractivity contribution in [3.8, 4) is 23.0 Å². The van der Waals surface area contributed by atoms with E-state index in [9.17, 15) is 61.0 Å². The molecule has 3 aliphatic heterocycles. The number of aromatic hydroxyl groups is 3. The van der Waals surface area contributed by atoms with E-state index in [0.717, 1.165) is 6.08 Å². The highest BCUT2D eigenvalue weighted by atomic mass is 16.8. The fourth-order valence-electron chi connectivity index (χ4n) is 6.29. The molecule has 0 unspecified atom stereocenters. The van der Waals surface area contributed by atoms with Gasteiger partial charge in [-0.15, -0.1) is 0 Å². The van der Waals surface area contributed by atoms with Crippen LogP contribution < -0.4 is 4.74 Å². The molecule has 20 nitrogen and oxygen atoms in total. The molecule has 312 valence electrons. The number of carbonyl (C=O) groups is 1. The number of rotatable bonds is 14. The van der Waals surface area contributed by atoms with Gasteiger partial charge < -0.3 is 94.1 Å². The molecule has 0 bridgehead atoms. The number of esters is 1. The standard InChI is InChI=1S/C36H48O20/c1-15-25(42)27(44)30(47)36(52-15)56-33-31(48)35(50-10-9-17-3-6-18(38)20(40)11-17)54-23(14-51-34-29(46)28(45)26(43)22(13-37)53-34)32(33)55-24(41)8-5-16-4-7-19(39)21(12-16)49-2/h3-8,11-12,15,22-23,25-40,42-48H,9-10,13-14H2,1-2H3/b8-5+/t15-,22+,23-,25-,26-,27+,28+,29+,30+,31-,32-,33-,34-,35-,36+/m0/s1. The minimum Gasteiger partial charge on any atom is -0.504 e. The molecule has 5 rings (SSSR count). The highest BCUT2D eigenvalue weighted by Crippen LogP contribution is 2.33. The van der Waals surface area contributed by atoms with Gasteiger partial charge in [-0.05, 0) is 54.8 Å². The Kier molecular flexibility index (Phi) is 14.9. The average Bonchev–Trinajstić information content (AvgIpc) is 3.18. The first-order chi connectivity index (χ1) is 26.6. The van der Waals surface area contributed by atoms with Gasteiger partial charge in [0.25, 0.3) is 0 Å². The van der Waals surface area contributed by atoms with Gasteiger partial charge in [0.15, 0.2) is 48.0 Å². The van der Waals surface area contributed by atoms with E-state index >= 15 is 0 Å². The number of aliphatic hydroxyl groups excluding tert-OH is 8. The zero-order chi connectivity index (χ0) is 40.8. The first-order valence-corrected chi connectivity index (χ1v) is 17.6. The number of ether oxygens (including phenoxy) is 8. The summed E-state index contributed by atoms with van der Waals surface area (Å²) >= 11 is 0. The number of hydrogen-bond donors (Lipinski definition) is 11. The van der Waals surface area contributed by atoms with Crippen LogP contribution in [0.1, 0.15) is 18.1 Å². The zero-order valence-electron chi connectivity index (χ0n) is 30.2. The van der Waals surface area contributed by atoms with Gasteiger partial charge >= 0.3 is 5.97 Å². The number of carbonyl (C=O) groups excluding carboxylic acids is 1. The molecule has 3 saturated heterocycles. The van der Waals surface area contributed by atoms with Crippen molar-refractivity contribution in [2.75, 3.05) is 26.9 Å². The fraction of sp³-hybridized carbons (Fsp3) is 0.583. The van der Waals surface area contributed by atoms with E-state index in [2.05, 4.69) is 0 Å². The van der Waals surface area contributed by atoms with Crippen LogP contribution in [0.4, 0.5) is 0 Å². The molecule has 11 N–H and O–H groups in total. The van der Waals surface area contributed by atoms with Crippen LogP contribution in [0.5, 0.6) is 23.0 Å². The third-order valence-corrected chi connectivity index (χ3v) is 9.57. The molecule has 0 aliphatic carbocycles. The minimum atomic E-state index is -1.87. The predicted molar refractivity (Wildman–Crippen MR) is 185 cm³/mol. The number of benzene rings is 2. The lowest BCUT2D eigenvalue weighted by atomic mass is 9.96. The second-order valence-corrected chi connectivity index (χ2v) is 13.5. The molecular formula is C36H48O20. The van der Waals surface area contributed by atoms with Crippen LogP contribution in [0.15, 0.2) is 42.5 Å². The van der Waals surface area contributed by atoms with Crippen molar-refractivity contribution in [1.82, 2.24) is 0 Å². The van der Waals surface area contributed by atoms with Crippen molar-refractivity contribution in [2.24, 2.45) is 0 Å². The summed E-state index contributed by atoms with van der Waals surface area (Å²) in [6.45, 7) is -0.207. The maximum Gasteiger partial charge on any atom is 0.331 e. The van der Waals surface area contributed by atoms with E-state index in [-0.39, 0.29) is 36.0 Å². The molecule has 56 heavy (non-hydrogen) atoms. The number of phenolic OH excluding ortho intramolecular Hbond substituents is 3. The van der Waals surface area contributed by atoms with Gasteiger partial charge in [-0.3, -0.25) is 0 Å². The Labute approximate surface area is 319 Å². The van der Waals surface area contributed by atoms with E-state index in [1.807, 2.05) is 0 Å². The van der Waals surface area contributed by atoms with Crippen LogP contribution in [0.25, 0.3) is 6.08 Å². The molecule has 3 aliphatic rings. The number of hydrogen-bond acceptors (Lipinski definition) is 20. The van der Waals surface area contributed by atoms with Crippen LogP contribution in [-0.4, -0.2) is 181 Å². The van der Waals surface area contributed by atoms with Gasteiger partial charge in [-0.1, -0.05) is 12.1 Å². The first kappa shape index (κ1) is 43.4. The van der Waals surface area contributed by atoms with Gasteiger partial charge in [-0.25, -0.2) is 4.79 Å². The number of aliphatic hydroxyl groups is 8. The maximum atomic E-state index is 13.4. The van der Waals surface area contributed by atoms with E-state index in [1.54, 1.807) is 0 Å². The largest absolute Gasteiger partial charge is 0.504 e. The zero-order valence-corrected chi connectivity index (χ0v) is 30.2. The first-order valence-electron chi connectivity index (χ1n) is 17.6. The van der Waals surface area contributed by atoms with E-state index in [1.165, 1.54) is 56.5 Å². The summed E-state index contributed by atoms with van der Waals surface area (Å²) in [5, 5.41) is 113. The molecule has 0 spiro atoms. The summed E-state index contributed by atoms with van der Waals surface area (Å²) in [5.41, 5.74) is 0.925. The molecule has 3 fully saturated rings. The topological polar surface area (TPSA) is 313 Å². The van der Waals surface area contributed by atoms with Crippen molar-refractivity contribution in [3.05, 3.63) is 53.6 Å². The Balaban J connectivity index is 1.44. The lowest BCUT2D eigenvalue weighted by molar-refractivity contribution is -0.364. The van der Waals surface area contributed by atoms with Crippen molar-refractivity contribution in [3.63, 3.8) is 0 Å². The second kappa shape index (κ2) is 19.2. The van der Waals surface area contributed by atoms with Crippen LogP contribution in [0.2, 0.25) is 0 Å². The Bertz CT molecular complexity index is 1620. The summed E-state index contributed by atoms with van der Waals surface area (Å²) in [5.74, 6) is -1.81. The molecule has 3 heterocycles. The summed E-state index contributed by atoms with van der Waals surface area (Å²) in [6.07, 6.45) is -22.2. The van der Waals surface area contributed by atoms with Gasteiger partial charge in [-0.2, -0.15) is 0 Å². The third kappa shape index (κ3) is 10.0. The summed E-state index contributed by atoms with van der Waals surface area (Å²) in [4.78, 5) is 13.4. The van der Waals surface area contributed by atoms with Crippen LogP contribution in [0.3, 0.4) is 0 Å². The Morgan fingerprint density at radius 3 is 2.07 bits per heavy atom. The summed E-state index contributed by atoms with van der Waals surface area (Å²) in [7, 11) is 1.33. The van der Waals surface area contributed by atoms with Crippen molar-refractivity contribution in [2.45, 2.75) is 105 Å². The van der Waals surface area contributed by atoms with Crippen molar-refractivity contribution < 1.29 is 98.9 Å². The van der Waals surface area contributed by atoms with Crippen LogP contribution >= 0.6 is 0 Å². The predicted octanol–water partition coefficient (Wildman–Crippen LogP) is -2.89. The van der Waals surface area contributed by atoms with Crippen molar-refractivity contribution in [1.29, 1.82) is 0 Å². The number of methoxy groups -OCH3 is 1. The van der Waals surface area contributed by atoms with Gasteiger partial charge in [0, 0.05) is 6.08 Å².